The van der Waals surface area contributed by atoms with Gasteiger partial charge in [-0.05, 0) is 37.0 Å². The van der Waals surface area contributed by atoms with E-state index in [0.29, 0.717) is 19.0 Å². The molecule has 0 spiro atoms. The van der Waals surface area contributed by atoms with Crippen molar-refractivity contribution in [1.82, 2.24) is 0 Å². The third-order valence-corrected chi connectivity index (χ3v) is 3.36. The number of carbonyl (C=O) groups is 1. The Bertz CT molecular complexity index is 529. The highest BCUT2D eigenvalue weighted by molar-refractivity contribution is 5.89. The molecule has 0 bridgehead atoms. The van der Waals surface area contributed by atoms with Crippen molar-refractivity contribution in [2.24, 2.45) is 0 Å². The molecule has 2 aliphatic rings. The van der Waals surface area contributed by atoms with Crippen LogP contribution in [0.1, 0.15) is 35.2 Å². The highest BCUT2D eigenvalue weighted by Crippen LogP contribution is 2.35. The molecule has 1 aromatic rings. The maximum absolute atomic E-state index is 11.1. The Kier molecular flexibility index (Phi) is 3.25. The summed E-state index contributed by atoms with van der Waals surface area (Å²) < 4.78 is 11.2. The predicted octanol–water partition coefficient (Wildman–Crippen LogP) is 2.73. The van der Waals surface area contributed by atoms with Crippen molar-refractivity contribution in [3.8, 4) is 5.75 Å². The van der Waals surface area contributed by atoms with E-state index < -0.39 is 5.97 Å². The van der Waals surface area contributed by atoms with Crippen molar-refractivity contribution in [2.75, 3.05) is 13.2 Å². The molecule has 1 aromatic carbocycles. The molecule has 0 unspecified atom stereocenters. The second-order valence-electron chi connectivity index (χ2n) is 4.89. The standard InChI is InChI=1S/C15H16O4/c16-15(17)11-1-4-13(10-5-7-18-8-6-10)14(9-11)19-12-2-3-12/h1,4-5,9,12H,2-3,6-8H2,(H,16,17). The van der Waals surface area contributed by atoms with E-state index in [9.17, 15) is 4.79 Å². The molecule has 1 aliphatic heterocycles. The van der Waals surface area contributed by atoms with Gasteiger partial charge in [0.25, 0.3) is 0 Å². The lowest BCUT2D eigenvalue weighted by Gasteiger charge is -2.17. The van der Waals surface area contributed by atoms with Crippen LogP contribution in [-0.4, -0.2) is 30.4 Å². The van der Waals surface area contributed by atoms with Crippen molar-refractivity contribution in [2.45, 2.75) is 25.4 Å². The maximum atomic E-state index is 11.1. The van der Waals surface area contributed by atoms with Crippen LogP contribution in [0.15, 0.2) is 24.3 Å². The molecule has 0 radical (unpaired) electrons. The van der Waals surface area contributed by atoms with Crippen LogP contribution < -0.4 is 4.74 Å². The maximum Gasteiger partial charge on any atom is 0.335 e. The minimum absolute atomic E-state index is 0.253. The monoisotopic (exact) mass is 260 g/mol. The zero-order valence-electron chi connectivity index (χ0n) is 10.6. The Hall–Kier alpha value is -1.81. The Labute approximate surface area is 111 Å². The van der Waals surface area contributed by atoms with Gasteiger partial charge < -0.3 is 14.6 Å². The average molecular weight is 260 g/mol. The number of hydrogen-bond donors (Lipinski definition) is 1. The Morgan fingerprint density at radius 2 is 2.21 bits per heavy atom. The highest BCUT2D eigenvalue weighted by Gasteiger charge is 2.25. The van der Waals surface area contributed by atoms with Gasteiger partial charge in [0.2, 0.25) is 0 Å². The number of carboxylic acid groups (broad SMARTS) is 1. The van der Waals surface area contributed by atoms with Gasteiger partial charge in [0.05, 0.1) is 24.9 Å². The molecule has 19 heavy (non-hydrogen) atoms. The topological polar surface area (TPSA) is 55.8 Å². The molecule has 1 N–H and O–H groups in total. The molecule has 0 amide bonds. The molecule has 4 nitrogen and oxygen atoms in total. The van der Waals surface area contributed by atoms with Crippen LogP contribution >= 0.6 is 0 Å². The molecule has 1 aliphatic carbocycles. The lowest BCUT2D eigenvalue weighted by molar-refractivity contribution is 0.0696. The van der Waals surface area contributed by atoms with E-state index in [1.54, 1.807) is 12.1 Å². The molecule has 0 atom stereocenters. The summed E-state index contributed by atoms with van der Waals surface area (Å²) in [6.07, 6.45) is 5.24. The van der Waals surface area contributed by atoms with Crippen molar-refractivity contribution in [3.63, 3.8) is 0 Å². The molecule has 4 heteroatoms. The number of carboxylic acids is 1. The predicted molar refractivity (Wildman–Crippen MR) is 70.5 cm³/mol. The van der Waals surface area contributed by atoms with Gasteiger partial charge in [-0.3, -0.25) is 0 Å². The molecule has 1 heterocycles. The van der Waals surface area contributed by atoms with Crippen LogP contribution in [0.2, 0.25) is 0 Å². The van der Waals surface area contributed by atoms with Crippen molar-refractivity contribution < 1.29 is 19.4 Å². The first kappa shape index (κ1) is 12.2. The van der Waals surface area contributed by atoms with Crippen LogP contribution in [0.4, 0.5) is 0 Å². The van der Waals surface area contributed by atoms with Gasteiger partial charge in [-0.2, -0.15) is 0 Å². The first-order valence-electron chi connectivity index (χ1n) is 6.55. The van der Waals surface area contributed by atoms with Gasteiger partial charge in [0.1, 0.15) is 5.75 Å². The third kappa shape index (κ3) is 2.79. The van der Waals surface area contributed by atoms with E-state index in [2.05, 4.69) is 0 Å². The zero-order valence-corrected chi connectivity index (χ0v) is 10.6. The van der Waals surface area contributed by atoms with E-state index >= 15 is 0 Å². The van der Waals surface area contributed by atoms with Gasteiger partial charge in [-0.25, -0.2) is 4.79 Å². The van der Waals surface area contributed by atoms with Gasteiger partial charge in [0.15, 0.2) is 0 Å². The van der Waals surface area contributed by atoms with Gasteiger partial charge in [-0.1, -0.05) is 12.1 Å². The lowest BCUT2D eigenvalue weighted by Crippen LogP contribution is -2.07. The summed E-state index contributed by atoms with van der Waals surface area (Å²) in [5.41, 5.74) is 2.45. The first-order valence-corrected chi connectivity index (χ1v) is 6.55. The smallest absolute Gasteiger partial charge is 0.335 e. The number of benzene rings is 1. The molecule has 0 saturated heterocycles. The van der Waals surface area contributed by atoms with Gasteiger partial charge in [0, 0.05) is 5.56 Å². The second kappa shape index (κ2) is 5.05. The Morgan fingerprint density at radius 3 is 2.84 bits per heavy atom. The largest absolute Gasteiger partial charge is 0.490 e. The summed E-state index contributed by atoms with van der Waals surface area (Å²) in [5.74, 6) is -0.233. The van der Waals surface area contributed by atoms with Crippen molar-refractivity contribution in [3.05, 3.63) is 35.4 Å². The highest BCUT2D eigenvalue weighted by atomic mass is 16.5. The molecule has 100 valence electrons. The number of aromatic carboxylic acids is 1. The summed E-state index contributed by atoms with van der Waals surface area (Å²) >= 11 is 0. The van der Waals surface area contributed by atoms with E-state index in [4.69, 9.17) is 14.6 Å². The minimum Gasteiger partial charge on any atom is -0.490 e. The fourth-order valence-corrected chi connectivity index (χ4v) is 2.16. The lowest BCUT2D eigenvalue weighted by atomic mass is 9.99. The van der Waals surface area contributed by atoms with Crippen molar-refractivity contribution in [1.29, 1.82) is 0 Å². The van der Waals surface area contributed by atoms with Gasteiger partial charge >= 0.3 is 5.97 Å². The summed E-state index contributed by atoms with van der Waals surface area (Å²) in [6, 6.07) is 5.11. The van der Waals surface area contributed by atoms with E-state index in [1.165, 1.54) is 5.57 Å². The summed E-state index contributed by atoms with van der Waals surface area (Å²) in [4.78, 5) is 11.1. The van der Waals surface area contributed by atoms with E-state index in [1.807, 2.05) is 12.1 Å². The summed E-state index contributed by atoms with van der Waals surface area (Å²) in [5, 5.41) is 9.07. The summed E-state index contributed by atoms with van der Waals surface area (Å²) in [6.45, 7) is 1.31. The van der Waals surface area contributed by atoms with Crippen LogP contribution in [-0.2, 0) is 4.74 Å². The van der Waals surface area contributed by atoms with Crippen LogP contribution in [0.3, 0.4) is 0 Å². The third-order valence-electron chi connectivity index (χ3n) is 3.36. The SMILES string of the molecule is O=C(O)c1ccc(C2=CCOCC2)c(OC2CC2)c1. The average Bonchev–Trinajstić information content (AvgIpc) is 3.23. The first-order chi connectivity index (χ1) is 9.24. The molecule has 1 saturated carbocycles. The van der Waals surface area contributed by atoms with Crippen LogP contribution in [0, 0.1) is 0 Å². The molecule has 1 fully saturated rings. The van der Waals surface area contributed by atoms with Crippen LogP contribution in [0.25, 0.3) is 5.57 Å². The molecule has 3 rings (SSSR count). The Morgan fingerprint density at radius 1 is 1.37 bits per heavy atom. The van der Waals surface area contributed by atoms with Crippen molar-refractivity contribution >= 4 is 11.5 Å². The fourth-order valence-electron chi connectivity index (χ4n) is 2.16. The quantitative estimate of drug-likeness (QED) is 0.904. The van der Waals surface area contributed by atoms with Gasteiger partial charge in [-0.15, -0.1) is 0 Å². The van der Waals surface area contributed by atoms with E-state index in [0.717, 1.165) is 24.8 Å². The Balaban J connectivity index is 1.96. The molecule has 0 aromatic heterocycles. The van der Waals surface area contributed by atoms with Crippen LogP contribution in [0.5, 0.6) is 5.75 Å². The number of hydrogen-bond acceptors (Lipinski definition) is 3. The number of ether oxygens (including phenoxy) is 2. The normalized spacial score (nSPS) is 18.8. The molecular formula is C15H16O4. The zero-order chi connectivity index (χ0) is 13.2. The minimum atomic E-state index is -0.923. The second-order valence-corrected chi connectivity index (χ2v) is 4.89. The number of rotatable bonds is 4. The fraction of sp³-hybridized carbons (Fsp3) is 0.400. The van der Waals surface area contributed by atoms with E-state index in [-0.39, 0.29) is 11.7 Å². The summed E-state index contributed by atoms with van der Waals surface area (Å²) in [7, 11) is 0. The molecular weight excluding hydrogens is 244 g/mol.